The Balaban J connectivity index is 2.45. The maximum absolute atomic E-state index is 13.7. The minimum atomic E-state index is -0.655. The molecule has 0 amide bonds. The van der Waals surface area contributed by atoms with Crippen LogP contribution in [0, 0.1) is 17.1 Å². The van der Waals surface area contributed by atoms with Crippen LogP contribution in [0.2, 0.25) is 0 Å². The third-order valence-electron chi connectivity index (χ3n) is 3.40. The second-order valence-electron chi connectivity index (χ2n) is 4.88. The number of nitriles is 1. The third-order valence-corrected chi connectivity index (χ3v) is 3.40. The molecule has 2 N–H and O–H groups in total. The summed E-state index contributed by atoms with van der Waals surface area (Å²) < 4.78 is 15.0. The largest absolute Gasteiger partial charge is 0.330 e. The highest BCUT2D eigenvalue weighted by Crippen LogP contribution is 2.18. The van der Waals surface area contributed by atoms with Crippen molar-refractivity contribution in [3.63, 3.8) is 0 Å². The molecule has 0 saturated carbocycles. The normalized spacial score (nSPS) is 10.7. The Morgan fingerprint density at radius 3 is 2.87 bits per heavy atom. The predicted molar refractivity (Wildman–Crippen MR) is 82.6 cm³/mol. The zero-order valence-corrected chi connectivity index (χ0v) is 12.0. The SMILES string of the molecule is N#Cc1cc(F)cc2c(=O)n(-c3cccnc3)c(CCN)nc12. The summed E-state index contributed by atoms with van der Waals surface area (Å²) in [7, 11) is 0. The molecule has 0 bridgehead atoms. The molecule has 114 valence electrons. The van der Waals surface area contributed by atoms with Crippen molar-refractivity contribution in [1.82, 2.24) is 14.5 Å². The van der Waals surface area contributed by atoms with Gasteiger partial charge in [-0.2, -0.15) is 5.26 Å². The summed E-state index contributed by atoms with van der Waals surface area (Å²) in [5.41, 5.74) is 5.86. The van der Waals surface area contributed by atoms with Gasteiger partial charge in [0.2, 0.25) is 0 Å². The predicted octanol–water partition coefficient (Wildman–Crippen LogP) is 1.29. The van der Waals surface area contributed by atoms with Crippen LogP contribution in [0.1, 0.15) is 11.4 Å². The van der Waals surface area contributed by atoms with Gasteiger partial charge in [-0.1, -0.05) is 0 Å². The molecule has 7 heteroatoms. The van der Waals surface area contributed by atoms with Crippen LogP contribution in [-0.2, 0) is 6.42 Å². The van der Waals surface area contributed by atoms with E-state index in [1.54, 1.807) is 18.3 Å². The van der Waals surface area contributed by atoms with E-state index in [0.717, 1.165) is 12.1 Å². The summed E-state index contributed by atoms with van der Waals surface area (Å²) in [4.78, 5) is 21.2. The van der Waals surface area contributed by atoms with Crippen LogP contribution in [0.4, 0.5) is 4.39 Å². The van der Waals surface area contributed by atoms with Crippen molar-refractivity contribution in [3.8, 4) is 11.8 Å². The number of halogens is 1. The van der Waals surface area contributed by atoms with E-state index in [0.29, 0.717) is 17.9 Å². The van der Waals surface area contributed by atoms with Crippen LogP contribution in [0.3, 0.4) is 0 Å². The van der Waals surface area contributed by atoms with Crippen molar-refractivity contribution in [2.75, 3.05) is 6.54 Å². The maximum atomic E-state index is 13.7. The third kappa shape index (κ3) is 2.56. The van der Waals surface area contributed by atoms with Crippen molar-refractivity contribution in [3.05, 3.63) is 64.2 Å². The molecule has 0 saturated heterocycles. The molecule has 23 heavy (non-hydrogen) atoms. The highest BCUT2D eigenvalue weighted by atomic mass is 19.1. The Bertz CT molecular complexity index is 976. The van der Waals surface area contributed by atoms with Gasteiger partial charge in [0, 0.05) is 12.6 Å². The molecule has 2 heterocycles. The first-order valence-corrected chi connectivity index (χ1v) is 6.91. The number of hydrogen-bond acceptors (Lipinski definition) is 5. The van der Waals surface area contributed by atoms with Gasteiger partial charge in [0.05, 0.1) is 28.4 Å². The summed E-state index contributed by atoms with van der Waals surface area (Å²) in [5, 5.41) is 9.21. The number of nitrogens with two attached hydrogens (primary N) is 1. The molecule has 0 radical (unpaired) electrons. The van der Waals surface area contributed by atoms with Gasteiger partial charge < -0.3 is 5.73 Å². The number of aromatic nitrogens is 3. The second kappa shape index (κ2) is 5.94. The first-order valence-electron chi connectivity index (χ1n) is 6.91. The molecule has 0 aliphatic rings. The molecule has 0 unspecified atom stereocenters. The first kappa shape index (κ1) is 14.8. The van der Waals surface area contributed by atoms with Crippen molar-refractivity contribution >= 4 is 10.9 Å². The minimum absolute atomic E-state index is 0.0220. The quantitative estimate of drug-likeness (QED) is 0.786. The molecule has 0 aliphatic carbocycles. The number of rotatable bonds is 3. The summed E-state index contributed by atoms with van der Waals surface area (Å²) in [6, 6.07) is 7.41. The zero-order chi connectivity index (χ0) is 16.4. The Hall–Kier alpha value is -3.11. The van der Waals surface area contributed by atoms with Crippen LogP contribution >= 0.6 is 0 Å². The van der Waals surface area contributed by atoms with E-state index >= 15 is 0 Å². The lowest BCUT2D eigenvalue weighted by Crippen LogP contribution is -2.26. The number of hydrogen-bond donors (Lipinski definition) is 1. The molecule has 0 aliphatic heterocycles. The van der Waals surface area contributed by atoms with Gasteiger partial charge in [-0.15, -0.1) is 0 Å². The number of fused-ring (bicyclic) bond motifs is 1. The Morgan fingerprint density at radius 1 is 1.39 bits per heavy atom. The maximum Gasteiger partial charge on any atom is 0.266 e. The lowest BCUT2D eigenvalue weighted by molar-refractivity contribution is 0.628. The van der Waals surface area contributed by atoms with Gasteiger partial charge in [-0.3, -0.25) is 14.3 Å². The lowest BCUT2D eigenvalue weighted by Gasteiger charge is -2.13. The molecule has 3 aromatic rings. The average Bonchev–Trinajstić information content (AvgIpc) is 2.56. The van der Waals surface area contributed by atoms with Crippen molar-refractivity contribution in [2.45, 2.75) is 6.42 Å². The average molecular weight is 309 g/mol. The van der Waals surface area contributed by atoms with E-state index in [1.165, 1.54) is 10.8 Å². The van der Waals surface area contributed by atoms with E-state index in [2.05, 4.69) is 9.97 Å². The van der Waals surface area contributed by atoms with Crippen molar-refractivity contribution < 1.29 is 4.39 Å². The fraction of sp³-hybridized carbons (Fsp3) is 0.125. The second-order valence-corrected chi connectivity index (χ2v) is 4.88. The molecule has 3 rings (SSSR count). The number of nitrogens with zero attached hydrogens (tertiary/aromatic N) is 4. The smallest absolute Gasteiger partial charge is 0.266 e. The highest BCUT2D eigenvalue weighted by molar-refractivity contribution is 5.83. The van der Waals surface area contributed by atoms with Gasteiger partial charge in [0.15, 0.2) is 0 Å². The number of pyridine rings is 1. The topological polar surface area (TPSA) is 97.6 Å². The van der Waals surface area contributed by atoms with Gasteiger partial charge >= 0.3 is 0 Å². The van der Waals surface area contributed by atoms with Crippen LogP contribution in [-0.4, -0.2) is 21.1 Å². The monoisotopic (exact) mass is 309 g/mol. The molecule has 0 fully saturated rings. The lowest BCUT2D eigenvalue weighted by atomic mass is 10.1. The van der Waals surface area contributed by atoms with Crippen molar-refractivity contribution in [1.29, 1.82) is 5.26 Å². The first-order chi connectivity index (χ1) is 11.2. The van der Waals surface area contributed by atoms with E-state index in [4.69, 9.17) is 11.0 Å². The van der Waals surface area contributed by atoms with Crippen LogP contribution in [0.15, 0.2) is 41.5 Å². The van der Waals surface area contributed by atoms with Crippen LogP contribution < -0.4 is 11.3 Å². The molecular formula is C16H12FN5O. The van der Waals surface area contributed by atoms with Gasteiger partial charge in [0.25, 0.3) is 5.56 Å². The summed E-state index contributed by atoms with van der Waals surface area (Å²) in [6.45, 7) is 0.279. The molecule has 2 aromatic heterocycles. The van der Waals surface area contributed by atoms with E-state index in [1.807, 2.05) is 6.07 Å². The Kier molecular flexibility index (Phi) is 3.83. The molecule has 1 aromatic carbocycles. The highest BCUT2D eigenvalue weighted by Gasteiger charge is 2.16. The van der Waals surface area contributed by atoms with Crippen LogP contribution in [0.5, 0.6) is 0 Å². The van der Waals surface area contributed by atoms with E-state index < -0.39 is 11.4 Å². The van der Waals surface area contributed by atoms with E-state index in [-0.39, 0.29) is 23.0 Å². The molecule has 0 atom stereocenters. The van der Waals surface area contributed by atoms with E-state index in [9.17, 15) is 9.18 Å². The molecular weight excluding hydrogens is 297 g/mol. The summed E-state index contributed by atoms with van der Waals surface area (Å²) in [5.74, 6) is -0.252. The van der Waals surface area contributed by atoms with Gasteiger partial charge in [-0.25, -0.2) is 9.37 Å². The van der Waals surface area contributed by atoms with Crippen LogP contribution in [0.25, 0.3) is 16.6 Å². The minimum Gasteiger partial charge on any atom is -0.330 e. The molecule has 6 nitrogen and oxygen atoms in total. The summed E-state index contributed by atoms with van der Waals surface area (Å²) >= 11 is 0. The van der Waals surface area contributed by atoms with Gasteiger partial charge in [-0.05, 0) is 30.8 Å². The molecule has 0 spiro atoms. The zero-order valence-electron chi connectivity index (χ0n) is 12.0. The number of benzene rings is 1. The standard InChI is InChI=1S/C16H12FN5O/c17-11-6-10(8-19)15-13(7-11)16(23)22(14(21-15)3-4-18)12-2-1-5-20-9-12/h1-2,5-7,9H,3-4,18H2. The van der Waals surface area contributed by atoms with Gasteiger partial charge in [0.1, 0.15) is 17.7 Å². The fourth-order valence-corrected chi connectivity index (χ4v) is 2.43. The Labute approximate surface area is 130 Å². The fourth-order valence-electron chi connectivity index (χ4n) is 2.43. The van der Waals surface area contributed by atoms with Crippen molar-refractivity contribution in [2.24, 2.45) is 5.73 Å². The Morgan fingerprint density at radius 2 is 2.22 bits per heavy atom. The summed E-state index contributed by atoms with van der Waals surface area (Å²) in [6.07, 6.45) is 3.43.